The number of benzene rings is 2. The van der Waals surface area contributed by atoms with E-state index >= 15 is 0 Å². The van der Waals surface area contributed by atoms with Crippen molar-refractivity contribution in [1.29, 1.82) is 0 Å². The van der Waals surface area contributed by atoms with Crippen LogP contribution in [0.1, 0.15) is 19.4 Å². The van der Waals surface area contributed by atoms with Crippen LogP contribution < -0.4 is 0 Å². The third-order valence-electron chi connectivity index (χ3n) is 3.47. The molecule has 0 fully saturated rings. The summed E-state index contributed by atoms with van der Waals surface area (Å²) in [5.74, 6) is 0.676. The topological polar surface area (TPSA) is 12.9 Å². The molecule has 100 valence electrons. The fourth-order valence-corrected chi connectivity index (χ4v) is 2.56. The lowest BCUT2D eigenvalue weighted by molar-refractivity contribution is 0.647. The predicted molar refractivity (Wildman–Crippen MR) is 85.7 cm³/mol. The molecule has 3 rings (SSSR count). The van der Waals surface area contributed by atoms with E-state index in [1.165, 1.54) is 16.5 Å². The molecule has 2 aromatic carbocycles. The van der Waals surface area contributed by atoms with Crippen molar-refractivity contribution in [3.8, 4) is 11.3 Å². The van der Waals surface area contributed by atoms with E-state index in [4.69, 9.17) is 4.98 Å². The number of aromatic nitrogens is 1. The standard InChI is InChI=1S/C19H19N/c1-14(2)12-15-6-5-8-17(13-15)19-11-10-16-7-3-4-9-18(16)20-19/h3-11,13-14H,12H2,1-2H3. The summed E-state index contributed by atoms with van der Waals surface area (Å²) in [6.07, 6.45) is 1.11. The maximum Gasteiger partial charge on any atom is 0.0709 e. The van der Waals surface area contributed by atoms with Crippen LogP contribution in [0.15, 0.2) is 60.7 Å². The molecule has 0 aliphatic carbocycles. The second-order valence-electron chi connectivity index (χ2n) is 5.69. The van der Waals surface area contributed by atoms with Crippen LogP contribution in [0, 0.1) is 5.92 Å². The number of fused-ring (bicyclic) bond motifs is 1. The molecule has 20 heavy (non-hydrogen) atoms. The van der Waals surface area contributed by atoms with Crippen molar-refractivity contribution in [2.75, 3.05) is 0 Å². The Labute approximate surface area is 120 Å². The number of rotatable bonds is 3. The molecule has 1 aromatic heterocycles. The molecule has 0 unspecified atom stereocenters. The van der Waals surface area contributed by atoms with Gasteiger partial charge in [0.15, 0.2) is 0 Å². The van der Waals surface area contributed by atoms with Crippen LogP contribution in [0.25, 0.3) is 22.2 Å². The second kappa shape index (κ2) is 5.46. The summed E-state index contributed by atoms with van der Waals surface area (Å²) < 4.78 is 0. The zero-order chi connectivity index (χ0) is 13.9. The van der Waals surface area contributed by atoms with E-state index in [0.717, 1.165) is 17.6 Å². The summed E-state index contributed by atoms with van der Waals surface area (Å²) in [5.41, 5.74) is 4.69. The molecule has 1 nitrogen and oxygen atoms in total. The monoisotopic (exact) mass is 261 g/mol. The molecule has 0 bridgehead atoms. The molecule has 3 aromatic rings. The van der Waals surface area contributed by atoms with Gasteiger partial charge in [-0.05, 0) is 36.1 Å². The normalized spacial score (nSPS) is 11.2. The summed E-state index contributed by atoms with van der Waals surface area (Å²) in [6.45, 7) is 4.50. The van der Waals surface area contributed by atoms with Gasteiger partial charge in [0.1, 0.15) is 0 Å². The zero-order valence-corrected chi connectivity index (χ0v) is 12.0. The number of hydrogen-bond acceptors (Lipinski definition) is 1. The molecule has 0 N–H and O–H groups in total. The number of pyridine rings is 1. The maximum atomic E-state index is 4.77. The highest BCUT2D eigenvalue weighted by Crippen LogP contribution is 2.22. The van der Waals surface area contributed by atoms with Gasteiger partial charge < -0.3 is 0 Å². The Morgan fingerprint density at radius 3 is 2.60 bits per heavy atom. The third-order valence-corrected chi connectivity index (χ3v) is 3.47. The molecule has 0 saturated carbocycles. The summed E-state index contributed by atoms with van der Waals surface area (Å²) in [4.78, 5) is 4.77. The van der Waals surface area contributed by atoms with E-state index in [1.54, 1.807) is 0 Å². The van der Waals surface area contributed by atoms with Crippen LogP contribution in [-0.4, -0.2) is 4.98 Å². The molecule has 0 aliphatic rings. The highest BCUT2D eigenvalue weighted by Gasteiger charge is 2.03. The first kappa shape index (κ1) is 12.9. The Bertz CT molecular complexity index is 728. The van der Waals surface area contributed by atoms with Crippen LogP contribution in [0.2, 0.25) is 0 Å². The van der Waals surface area contributed by atoms with E-state index in [0.29, 0.717) is 5.92 Å². The van der Waals surface area contributed by atoms with Gasteiger partial charge in [0.2, 0.25) is 0 Å². The van der Waals surface area contributed by atoms with E-state index in [2.05, 4.69) is 62.4 Å². The second-order valence-corrected chi connectivity index (χ2v) is 5.69. The van der Waals surface area contributed by atoms with Crippen LogP contribution in [0.4, 0.5) is 0 Å². The number of hydrogen-bond donors (Lipinski definition) is 0. The van der Waals surface area contributed by atoms with Gasteiger partial charge in [0, 0.05) is 10.9 Å². The quantitative estimate of drug-likeness (QED) is 0.639. The average Bonchev–Trinajstić information content (AvgIpc) is 2.46. The van der Waals surface area contributed by atoms with Crippen molar-refractivity contribution >= 4 is 10.9 Å². The van der Waals surface area contributed by atoms with Crippen LogP contribution in [0.3, 0.4) is 0 Å². The minimum atomic E-state index is 0.676. The lowest BCUT2D eigenvalue weighted by atomic mass is 9.99. The molecular weight excluding hydrogens is 242 g/mol. The fourth-order valence-electron chi connectivity index (χ4n) is 2.56. The zero-order valence-electron chi connectivity index (χ0n) is 12.0. The minimum absolute atomic E-state index is 0.676. The first-order valence-electron chi connectivity index (χ1n) is 7.17. The molecule has 0 spiro atoms. The maximum absolute atomic E-state index is 4.77. The molecular formula is C19H19N. The third kappa shape index (κ3) is 2.72. The predicted octanol–water partition coefficient (Wildman–Crippen LogP) is 5.10. The Morgan fingerprint density at radius 2 is 1.75 bits per heavy atom. The van der Waals surface area contributed by atoms with Crippen molar-refractivity contribution in [3.05, 3.63) is 66.2 Å². The lowest BCUT2D eigenvalue weighted by Gasteiger charge is -2.08. The average molecular weight is 261 g/mol. The molecule has 1 heteroatoms. The van der Waals surface area contributed by atoms with Crippen molar-refractivity contribution in [2.45, 2.75) is 20.3 Å². The molecule has 0 radical (unpaired) electrons. The van der Waals surface area contributed by atoms with E-state index in [-0.39, 0.29) is 0 Å². The largest absolute Gasteiger partial charge is 0.248 e. The Morgan fingerprint density at radius 1 is 0.900 bits per heavy atom. The van der Waals surface area contributed by atoms with Gasteiger partial charge in [-0.2, -0.15) is 0 Å². The number of nitrogens with zero attached hydrogens (tertiary/aromatic N) is 1. The van der Waals surface area contributed by atoms with Crippen molar-refractivity contribution in [3.63, 3.8) is 0 Å². The van der Waals surface area contributed by atoms with E-state index < -0.39 is 0 Å². The van der Waals surface area contributed by atoms with Crippen LogP contribution >= 0.6 is 0 Å². The van der Waals surface area contributed by atoms with Gasteiger partial charge in [-0.3, -0.25) is 0 Å². The van der Waals surface area contributed by atoms with Gasteiger partial charge in [-0.1, -0.05) is 56.3 Å². The van der Waals surface area contributed by atoms with Crippen molar-refractivity contribution in [2.24, 2.45) is 5.92 Å². The summed E-state index contributed by atoms with van der Waals surface area (Å²) >= 11 is 0. The Hall–Kier alpha value is -2.15. The van der Waals surface area contributed by atoms with Gasteiger partial charge >= 0.3 is 0 Å². The molecule has 0 amide bonds. The Kier molecular flexibility index (Phi) is 3.51. The van der Waals surface area contributed by atoms with Crippen LogP contribution in [0.5, 0.6) is 0 Å². The summed E-state index contributed by atoms with van der Waals surface area (Å²) in [5, 5.41) is 1.19. The summed E-state index contributed by atoms with van der Waals surface area (Å²) in [6, 6.07) is 21.2. The van der Waals surface area contributed by atoms with Gasteiger partial charge in [-0.25, -0.2) is 4.98 Å². The van der Waals surface area contributed by atoms with Crippen LogP contribution in [-0.2, 0) is 6.42 Å². The first-order valence-corrected chi connectivity index (χ1v) is 7.17. The van der Waals surface area contributed by atoms with E-state index in [1.807, 2.05) is 12.1 Å². The van der Waals surface area contributed by atoms with E-state index in [9.17, 15) is 0 Å². The van der Waals surface area contributed by atoms with Crippen molar-refractivity contribution in [1.82, 2.24) is 4.98 Å². The Balaban J connectivity index is 2.01. The first-order chi connectivity index (χ1) is 9.72. The highest BCUT2D eigenvalue weighted by molar-refractivity contribution is 5.81. The molecule has 0 saturated heterocycles. The van der Waals surface area contributed by atoms with Gasteiger partial charge in [0.25, 0.3) is 0 Å². The minimum Gasteiger partial charge on any atom is -0.248 e. The lowest BCUT2D eigenvalue weighted by Crippen LogP contribution is -1.94. The van der Waals surface area contributed by atoms with Crippen molar-refractivity contribution < 1.29 is 0 Å². The molecule has 0 atom stereocenters. The SMILES string of the molecule is CC(C)Cc1cccc(-c2ccc3ccccc3n2)c1. The smallest absolute Gasteiger partial charge is 0.0709 e. The van der Waals surface area contributed by atoms with Gasteiger partial charge in [-0.15, -0.1) is 0 Å². The number of para-hydroxylation sites is 1. The fraction of sp³-hybridized carbons (Fsp3) is 0.211. The highest BCUT2D eigenvalue weighted by atomic mass is 14.7. The summed E-state index contributed by atoms with van der Waals surface area (Å²) in [7, 11) is 0. The molecule has 0 aliphatic heterocycles. The molecule has 1 heterocycles. The van der Waals surface area contributed by atoms with Gasteiger partial charge in [0.05, 0.1) is 11.2 Å².